The molecule has 0 saturated heterocycles. The standard InChI is InChI=1S/C13H7F4IO/c14-9-3-6-11(12(18)7-9)8-1-4-10(5-2-8)19-13(15,16)17/h1-7H. The number of ether oxygens (including phenoxy) is 1. The first kappa shape index (κ1) is 14.1. The number of rotatable bonds is 2. The minimum absolute atomic E-state index is 0.284. The Hall–Kier alpha value is -1.31. The monoisotopic (exact) mass is 382 g/mol. The van der Waals surface area contributed by atoms with Gasteiger partial charge in [0, 0.05) is 3.57 Å². The Kier molecular flexibility index (Phi) is 3.98. The largest absolute Gasteiger partial charge is 0.573 e. The third kappa shape index (κ3) is 3.82. The van der Waals surface area contributed by atoms with Crippen LogP contribution in [0.4, 0.5) is 17.6 Å². The van der Waals surface area contributed by atoms with Crippen LogP contribution >= 0.6 is 22.6 Å². The molecule has 0 fully saturated rings. The van der Waals surface area contributed by atoms with Crippen LogP contribution in [0, 0.1) is 9.39 Å². The first-order valence-electron chi connectivity index (χ1n) is 5.16. The predicted octanol–water partition coefficient (Wildman–Crippen LogP) is 5.00. The lowest BCUT2D eigenvalue weighted by Gasteiger charge is -2.10. The van der Waals surface area contributed by atoms with Crippen LogP contribution in [0.2, 0.25) is 0 Å². The highest BCUT2D eigenvalue weighted by molar-refractivity contribution is 14.1. The summed E-state index contributed by atoms with van der Waals surface area (Å²) >= 11 is 1.97. The van der Waals surface area contributed by atoms with Crippen LogP contribution in [0.5, 0.6) is 5.75 Å². The van der Waals surface area contributed by atoms with E-state index in [1.165, 1.54) is 36.4 Å². The second kappa shape index (κ2) is 5.36. The van der Waals surface area contributed by atoms with Crippen molar-refractivity contribution in [2.24, 2.45) is 0 Å². The summed E-state index contributed by atoms with van der Waals surface area (Å²) in [5, 5.41) is 0. The highest BCUT2D eigenvalue weighted by Gasteiger charge is 2.30. The van der Waals surface area contributed by atoms with Gasteiger partial charge in [-0.15, -0.1) is 13.2 Å². The maximum atomic E-state index is 13.0. The number of hydrogen-bond donors (Lipinski definition) is 0. The van der Waals surface area contributed by atoms with Crippen LogP contribution in [0.15, 0.2) is 42.5 Å². The quantitative estimate of drug-likeness (QED) is 0.525. The van der Waals surface area contributed by atoms with E-state index in [4.69, 9.17) is 0 Å². The van der Waals surface area contributed by atoms with Gasteiger partial charge in [-0.1, -0.05) is 18.2 Å². The zero-order valence-electron chi connectivity index (χ0n) is 9.34. The lowest BCUT2D eigenvalue weighted by Crippen LogP contribution is -2.16. The smallest absolute Gasteiger partial charge is 0.406 e. The fraction of sp³-hybridized carbons (Fsp3) is 0.0769. The van der Waals surface area contributed by atoms with Crippen molar-refractivity contribution in [1.29, 1.82) is 0 Å². The average molecular weight is 382 g/mol. The summed E-state index contributed by atoms with van der Waals surface area (Å²) in [6, 6.07) is 9.68. The van der Waals surface area contributed by atoms with Crippen molar-refractivity contribution in [3.63, 3.8) is 0 Å². The van der Waals surface area contributed by atoms with Crippen LogP contribution < -0.4 is 4.74 Å². The molecule has 0 amide bonds. The van der Waals surface area contributed by atoms with Gasteiger partial charge in [0.25, 0.3) is 0 Å². The summed E-state index contributed by atoms with van der Waals surface area (Å²) < 4.78 is 53.5. The highest BCUT2D eigenvalue weighted by atomic mass is 127. The van der Waals surface area contributed by atoms with Crippen molar-refractivity contribution >= 4 is 22.6 Å². The summed E-state index contributed by atoms with van der Waals surface area (Å²) in [5.41, 5.74) is 1.44. The molecule has 2 rings (SSSR count). The van der Waals surface area contributed by atoms with Gasteiger partial charge in [-0.2, -0.15) is 0 Å². The summed E-state index contributed by atoms with van der Waals surface area (Å²) in [6.07, 6.45) is -4.70. The van der Waals surface area contributed by atoms with Gasteiger partial charge in [0.2, 0.25) is 0 Å². The molecule has 0 saturated carbocycles. The van der Waals surface area contributed by atoms with Crippen molar-refractivity contribution in [1.82, 2.24) is 0 Å². The highest BCUT2D eigenvalue weighted by Crippen LogP contribution is 2.29. The molecule has 0 atom stereocenters. The molecule has 0 bridgehead atoms. The van der Waals surface area contributed by atoms with Gasteiger partial charge in [0.1, 0.15) is 11.6 Å². The molecule has 6 heteroatoms. The maximum Gasteiger partial charge on any atom is 0.573 e. The normalized spacial score (nSPS) is 11.4. The van der Waals surface area contributed by atoms with E-state index in [-0.39, 0.29) is 11.6 Å². The lowest BCUT2D eigenvalue weighted by molar-refractivity contribution is -0.274. The first-order valence-corrected chi connectivity index (χ1v) is 6.24. The molecule has 0 heterocycles. The number of hydrogen-bond acceptors (Lipinski definition) is 1. The molecular weight excluding hydrogens is 375 g/mol. The van der Waals surface area contributed by atoms with Gasteiger partial charge in [0.05, 0.1) is 0 Å². The molecular formula is C13H7F4IO. The van der Waals surface area contributed by atoms with Gasteiger partial charge < -0.3 is 4.74 Å². The van der Waals surface area contributed by atoms with Crippen LogP contribution in [-0.4, -0.2) is 6.36 Å². The Bertz CT molecular complexity index is 578. The van der Waals surface area contributed by atoms with Crippen molar-refractivity contribution < 1.29 is 22.3 Å². The SMILES string of the molecule is Fc1ccc(-c2ccc(OC(F)(F)F)cc2)c(I)c1. The van der Waals surface area contributed by atoms with Gasteiger partial charge >= 0.3 is 6.36 Å². The van der Waals surface area contributed by atoms with E-state index < -0.39 is 6.36 Å². The molecule has 2 aromatic rings. The van der Waals surface area contributed by atoms with Crippen LogP contribution in [-0.2, 0) is 0 Å². The molecule has 0 unspecified atom stereocenters. The predicted molar refractivity (Wildman–Crippen MR) is 71.2 cm³/mol. The summed E-state index contributed by atoms with van der Waals surface area (Å²) in [5.74, 6) is -0.640. The summed E-state index contributed by atoms with van der Waals surface area (Å²) in [6.45, 7) is 0. The Morgan fingerprint density at radius 1 is 0.947 bits per heavy atom. The summed E-state index contributed by atoms with van der Waals surface area (Å²) in [4.78, 5) is 0. The van der Waals surface area contributed by atoms with E-state index >= 15 is 0 Å². The maximum absolute atomic E-state index is 13.0. The third-order valence-corrected chi connectivity index (χ3v) is 3.22. The van der Waals surface area contributed by atoms with Crippen molar-refractivity contribution in [3.05, 3.63) is 51.9 Å². The van der Waals surface area contributed by atoms with E-state index in [0.29, 0.717) is 9.13 Å². The second-order valence-electron chi connectivity index (χ2n) is 3.70. The average Bonchev–Trinajstić information content (AvgIpc) is 2.28. The molecule has 0 spiro atoms. The Labute approximate surface area is 120 Å². The van der Waals surface area contributed by atoms with E-state index in [1.54, 1.807) is 6.07 Å². The Morgan fingerprint density at radius 2 is 1.58 bits per heavy atom. The van der Waals surface area contributed by atoms with E-state index in [9.17, 15) is 17.6 Å². The Balaban J connectivity index is 2.27. The number of benzene rings is 2. The van der Waals surface area contributed by atoms with E-state index in [2.05, 4.69) is 4.74 Å². The molecule has 1 nitrogen and oxygen atoms in total. The second-order valence-corrected chi connectivity index (χ2v) is 4.86. The van der Waals surface area contributed by atoms with Crippen LogP contribution in [0.1, 0.15) is 0 Å². The fourth-order valence-corrected chi connectivity index (χ4v) is 2.35. The van der Waals surface area contributed by atoms with Crippen molar-refractivity contribution in [3.8, 4) is 16.9 Å². The van der Waals surface area contributed by atoms with Crippen LogP contribution in [0.25, 0.3) is 11.1 Å². The molecule has 0 aliphatic carbocycles. The zero-order chi connectivity index (χ0) is 14.0. The van der Waals surface area contributed by atoms with Gasteiger partial charge in [-0.3, -0.25) is 0 Å². The third-order valence-electron chi connectivity index (χ3n) is 2.33. The molecule has 100 valence electrons. The molecule has 0 aromatic heterocycles. The number of halogens is 5. The van der Waals surface area contributed by atoms with Gasteiger partial charge in [0.15, 0.2) is 0 Å². The van der Waals surface area contributed by atoms with E-state index in [0.717, 1.165) is 5.56 Å². The minimum atomic E-state index is -4.70. The Morgan fingerprint density at radius 3 is 2.11 bits per heavy atom. The van der Waals surface area contributed by atoms with Crippen LogP contribution in [0.3, 0.4) is 0 Å². The van der Waals surface area contributed by atoms with Crippen molar-refractivity contribution in [2.45, 2.75) is 6.36 Å². The summed E-state index contributed by atoms with van der Waals surface area (Å²) in [7, 11) is 0. The lowest BCUT2D eigenvalue weighted by atomic mass is 10.1. The molecule has 19 heavy (non-hydrogen) atoms. The molecule has 2 aromatic carbocycles. The molecule has 0 N–H and O–H groups in total. The van der Waals surface area contributed by atoms with Gasteiger partial charge in [-0.05, 0) is 58.0 Å². The first-order chi connectivity index (χ1) is 8.85. The zero-order valence-corrected chi connectivity index (χ0v) is 11.5. The van der Waals surface area contributed by atoms with Gasteiger partial charge in [-0.25, -0.2) is 4.39 Å². The number of alkyl halides is 3. The minimum Gasteiger partial charge on any atom is -0.406 e. The molecule has 0 radical (unpaired) electrons. The fourth-order valence-electron chi connectivity index (χ4n) is 1.56. The van der Waals surface area contributed by atoms with E-state index in [1.807, 2.05) is 22.6 Å². The molecule has 0 aliphatic rings. The topological polar surface area (TPSA) is 9.23 Å². The van der Waals surface area contributed by atoms with Crippen molar-refractivity contribution in [2.75, 3.05) is 0 Å². The molecule has 0 aliphatic heterocycles.